The Labute approximate surface area is 109 Å². The first-order chi connectivity index (χ1) is 8.66. The van der Waals surface area contributed by atoms with Crippen molar-refractivity contribution in [3.63, 3.8) is 0 Å². The SMILES string of the molecule is CP.Cn1ncc2c(C3CC(N)C3)c(F)ccc21. The lowest BCUT2D eigenvalue weighted by Crippen LogP contribution is -2.35. The number of nitrogens with zero attached hydrogens (tertiary/aromatic N) is 2. The number of hydrogen-bond donors (Lipinski definition) is 1. The van der Waals surface area contributed by atoms with Gasteiger partial charge in [-0.3, -0.25) is 4.68 Å². The molecule has 1 aliphatic carbocycles. The second-order valence-electron chi connectivity index (χ2n) is 4.59. The number of nitrogens with two attached hydrogens (primary N) is 1. The van der Waals surface area contributed by atoms with E-state index in [0.717, 1.165) is 29.3 Å². The summed E-state index contributed by atoms with van der Waals surface area (Å²) in [5.74, 6) is 0.139. The van der Waals surface area contributed by atoms with Gasteiger partial charge >= 0.3 is 0 Å². The van der Waals surface area contributed by atoms with Crippen molar-refractivity contribution in [2.45, 2.75) is 24.8 Å². The predicted molar refractivity (Wildman–Crippen MR) is 76.3 cm³/mol. The highest BCUT2D eigenvalue weighted by molar-refractivity contribution is 7.15. The normalized spacial score (nSPS) is 22.3. The largest absolute Gasteiger partial charge is 0.328 e. The Morgan fingerprint density at radius 3 is 2.67 bits per heavy atom. The summed E-state index contributed by atoms with van der Waals surface area (Å²) in [4.78, 5) is 0. The molecule has 3 rings (SSSR count). The molecule has 1 unspecified atom stereocenters. The molecule has 0 spiro atoms. The van der Waals surface area contributed by atoms with Gasteiger partial charge in [0.1, 0.15) is 5.82 Å². The average molecular weight is 267 g/mol. The lowest BCUT2D eigenvalue weighted by atomic mass is 9.75. The molecule has 1 aliphatic rings. The topological polar surface area (TPSA) is 43.8 Å². The highest BCUT2D eigenvalue weighted by Gasteiger charge is 2.31. The van der Waals surface area contributed by atoms with E-state index in [1.165, 1.54) is 6.07 Å². The molecule has 2 N–H and O–H groups in total. The molecular weight excluding hydrogens is 248 g/mol. The molecule has 1 fully saturated rings. The zero-order valence-electron chi connectivity index (χ0n) is 10.7. The Hall–Kier alpha value is -0.990. The van der Waals surface area contributed by atoms with Gasteiger partial charge in [0.15, 0.2) is 0 Å². The van der Waals surface area contributed by atoms with Crippen molar-refractivity contribution in [1.29, 1.82) is 0 Å². The van der Waals surface area contributed by atoms with E-state index in [9.17, 15) is 4.39 Å². The first kappa shape index (κ1) is 13.4. The van der Waals surface area contributed by atoms with E-state index in [1.54, 1.807) is 16.9 Å². The molecule has 0 bridgehead atoms. The summed E-state index contributed by atoms with van der Waals surface area (Å²) in [5.41, 5.74) is 7.54. The van der Waals surface area contributed by atoms with Gasteiger partial charge in [0.05, 0.1) is 11.7 Å². The third-order valence-corrected chi connectivity index (χ3v) is 3.50. The molecule has 0 saturated heterocycles. The highest BCUT2D eigenvalue weighted by Crippen LogP contribution is 2.40. The van der Waals surface area contributed by atoms with E-state index in [0.29, 0.717) is 0 Å². The molecule has 5 heteroatoms. The van der Waals surface area contributed by atoms with Crippen LogP contribution in [0.15, 0.2) is 18.3 Å². The Morgan fingerprint density at radius 1 is 1.39 bits per heavy atom. The van der Waals surface area contributed by atoms with Gasteiger partial charge in [-0.15, -0.1) is 9.24 Å². The quantitative estimate of drug-likeness (QED) is 0.806. The molecule has 3 nitrogen and oxygen atoms in total. The van der Waals surface area contributed by atoms with Crippen molar-refractivity contribution < 1.29 is 4.39 Å². The van der Waals surface area contributed by atoms with Crippen LogP contribution in [0.3, 0.4) is 0 Å². The van der Waals surface area contributed by atoms with Gasteiger partial charge in [0, 0.05) is 24.0 Å². The highest BCUT2D eigenvalue weighted by atomic mass is 31.0. The van der Waals surface area contributed by atoms with E-state index in [2.05, 4.69) is 14.3 Å². The zero-order chi connectivity index (χ0) is 13.3. The van der Waals surface area contributed by atoms with Gasteiger partial charge in [-0.1, -0.05) is 6.66 Å². The summed E-state index contributed by atoms with van der Waals surface area (Å²) in [6.45, 7) is 1.92. The minimum absolute atomic E-state index is 0.127. The third-order valence-electron chi connectivity index (χ3n) is 3.50. The standard InChI is InChI=1S/C12H14FN3.CH5P/c1-16-11-3-2-10(13)12(9(11)6-15-16)7-4-8(14)5-7;1-2/h2-3,6-8H,4-5,14H2,1H3;2H2,1H3. The molecule has 0 radical (unpaired) electrons. The van der Waals surface area contributed by atoms with Crippen LogP contribution in [-0.2, 0) is 7.05 Å². The molecule has 1 atom stereocenters. The molecule has 1 saturated carbocycles. The Morgan fingerprint density at radius 2 is 2.06 bits per heavy atom. The molecule has 1 aromatic carbocycles. The molecule has 0 aliphatic heterocycles. The lowest BCUT2D eigenvalue weighted by Gasteiger charge is -2.33. The molecule has 0 amide bonds. The maximum Gasteiger partial charge on any atom is 0.127 e. The first-order valence-corrected chi connectivity index (χ1v) is 7.25. The Bertz CT molecular complexity index is 546. The van der Waals surface area contributed by atoms with E-state index < -0.39 is 0 Å². The molecule has 98 valence electrons. The van der Waals surface area contributed by atoms with Crippen molar-refractivity contribution in [3.05, 3.63) is 29.7 Å². The van der Waals surface area contributed by atoms with E-state index in [4.69, 9.17) is 5.73 Å². The first-order valence-electron chi connectivity index (χ1n) is 6.10. The van der Waals surface area contributed by atoms with Crippen molar-refractivity contribution >= 4 is 20.1 Å². The Kier molecular flexibility index (Phi) is 3.98. The van der Waals surface area contributed by atoms with Crippen LogP contribution >= 0.6 is 9.24 Å². The number of benzene rings is 1. The molecule has 1 heterocycles. The van der Waals surface area contributed by atoms with Crippen LogP contribution in [0.2, 0.25) is 0 Å². The van der Waals surface area contributed by atoms with Crippen molar-refractivity contribution in [3.8, 4) is 0 Å². The van der Waals surface area contributed by atoms with Crippen LogP contribution in [0.5, 0.6) is 0 Å². The number of aryl methyl sites for hydroxylation is 1. The van der Waals surface area contributed by atoms with Gasteiger partial charge in [0.25, 0.3) is 0 Å². The van der Waals surface area contributed by atoms with Crippen LogP contribution in [0.1, 0.15) is 24.3 Å². The van der Waals surface area contributed by atoms with Crippen LogP contribution in [0, 0.1) is 5.82 Å². The summed E-state index contributed by atoms with van der Waals surface area (Å²) in [7, 11) is 4.29. The molecule has 1 aromatic heterocycles. The van der Waals surface area contributed by atoms with Crippen LogP contribution < -0.4 is 5.73 Å². The Balaban J connectivity index is 0.000000574. The monoisotopic (exact) mass is 267 g/mol. The van der Waals surface area contributed by atoms with E-state index >= 15 is 0 Å². The second-order valence-corrected chi connectivity index (χ2v) is 4.59. The van der Waals surface area contributed by atoms with E-state index in [1.807, 2.05) is 13.7 Å². The van der Waals surface area contributed by atoms with Gasteiger partial charge in [-0.25, -0.2) is 4.39 Å². The van der Waals surface area contributed by atoms with Crippen molar-refractivity contribution in [2.24, 2.45) is 12.8 Å². The number of rotatable bonds is 1. The summed E-state index contributed by atoms with van der Waals surface area (Å²) < 4.78 is 15.6. The smallest absolute Gasteiger partial charge is 0.127 e. The lowest BCUT2D eigenvalue weighted by molar-refractivity contribution is 0.344. The molecule has 18 heavy (non-hydrogen) atoms. The fraction of sp³-hybridized carbons (Fsp3) is 0.462. The van der Waals surface area contributed by atoms with Crippen LogP contribution in [0.25, 0.3) is 10.9 Å². The summed E-state index contributed by atoms with van der Waals surface area (Å²) >= 11 is 0. The van der Waals surface area contributed by atoms with Gasteiger partial charge in [-0.2, -0.15) is 5.10 Å². The van der Waals surface area contributed by atoms with E-state index in [-0.39, 0.29) is 17.8 Å². The predicted octanol–water partition coefficient (Wildman–Crippen LogP) is 2.41. The number of halogens is 1. The fourth-order valence-electron chi connectivity index (χ4n) is 2.54. The minimum Gasteiger partial charge on any atom is -0.328 e. The molecular formula is C13H19FN3P. The van der Waals surface area contributed by atoms with Crippen LogP contribution in [0.4, 0.5) is 4.39 Å². The maximum absolute atomic E-state index is 13.8. The van der Waals surface area contributed by atoms with Gasteiger partial charge in [-0.05, 0) is 30.9 Å². The number of hydrogen-bond acceptors (Lipinski definition) is 2. The maximum atomic E-state index is 13.8. The zero-order valence-corrected chi connectivity index (χ0v) is 11.9. The average Bonchev–Trinajstić information content (AvgIpc) is 2.71. The summed E-state index contributed by atoms with van der Waals surface area (Å²) in [6, 6.07) is 3.54. The minimum atomic E-state index is -0.127. The second kappa shape index (κ2) is 5.33. The summed E-state index contributed by atoms with van der Waals surface area (Å²) in [5, 5.41) is 5.11. The van der Waals surface area contributed by atoms with Crippen molar-refractivity contribution in [1.82, 2.24) is 9.78 Å². The number of aromatic nitrogens is 2. The van der Waals surface area contributed by atoms with Gasteiger partial charge < -0.3 is 5.73 Å². The number of fused-ring (bicyclic) bond motifs is 1. The third kappa shape index (κ3) is 2.15. The summed E-state index contributed by atoms with van der Waals surface area (Å²) in [6.07, 6.45) is 3.51. The fourth-order valence-corrected chi connectivity index (χ4v) is 2.54. The van der Waals surface area contributed by atoms with Gasteiger partial charge in [0.2, 0.25) is 0 Å². The van der Waals surface area contributed by atoms with Crippen LogP contribution in [-0.4, -0.2) is 22.5 Å². The van der Waals surface area contributed by atoms with Crippen molar-refractivity contribution in [2.75, 3.05) is 6.66 Å². The molecule has 2 aromatic rings.